The third-order valence-electron chi connectivity index (χ3n) is 4.04. The number of nitrogens with zero attached hydrogens (tertiary/aromatic N) is 1. The Balaban J connectivity index is 2.01. The molecule has 0 spiro atoms. The second-order valence-corrected chi connectivity index (χ2v) is 8.79. The van der Waals surface area contributed by atoms with E-state index >= 15 is 0 Å². The third-order valence-corrected chi connectivity index (χ3v) is 6.85. The van der Waals surface area contributed by atoms with Gasteiger partial charge < -0.3 is 0 Å². The Morgan fingerprint density at radius 2 is 1.75 bits per heavy atom. The number of Topliss-reactive ketones (excluding diaryl/α,β-unsaturated/α-hetero) is 1. The maximum absolute atomic E-state index is 12.8. The Kier molecular flexibility index (Phi) is 5.30. The summed E-state index contributed by atoms with van der Waals surface area (Å²) in [5, 5.41) is 10.8. The average molecular weight is 416 g/mol. The van der Waals surface area contributed by atoms with Crippen LogP contribution in [0.2, 0.25) is 0 Å². The number of hydrogen-bond donors (Lipinski definition) is 1. The lowest BCUT2D eigenvalue weighted by Crippen LogP contribution is -2.15. The van der Waals surface area contributed by atoms with Crippen molar-refractivity contribution in [3.63, 3.8) is 0 Å². The second-order valence-electron chi connectivity index (χ2n) is 6.08. The van der Waals surface area contributed by atoms with Crippen molar-refractivity contribution in [2.45, 2.75) is 18.7 Å². The van der Waals surface area contributed by atoms with Gasteiger partial charge in [0, 0.05) is 23.9 Å². The molecule has 1 heterocycles. The van der Waals surface area contributed by atoms with Crippen molar-refractivity contribution >= 4 is 38.5 Å². The lowest BCUT2D eigenvalue weighted by molar-refractivity contribution is -0.384. The van der Waals surface area contributed by atoms with Crippen LogP contribution in [-0.4, -0.2) is 19.1 Å². The molecule has 28 heavy (non-hydrogen) atoms. The number of ketones is 1. The van der Waals surface area contributed by atoms with Crippen molar-refractivity contribution in [1.82, 2.24) is 0 Å². The predicted octanol–water partition coefficient (Wildman–Crippen LogP) is 4.64. The molecule has 0 aliphatic heterocycles. The average Bonchev–Trinajstić information content (AvgIpc) is 3.05. The SMILES string of the molecule is CC(=O)c1sc(-c2ccc([N+](=O)[O-])cc2)cc1NS(=O)(=O)c1ccccc1C. The number of nitro groups is 1. The minimum absolute atomic E-state index is 0.0485. The standard InChI is InChI=1S/C19H16N2O5S2/c1-12-5-3-4-6-18(12)28(25,26)20-16-11-17(27-19(16)13(2)22)14-7-9-15(10-8-14)21(23)24/h3-11,20H,1-2H3. The highest BCUT2D eigenvalue weighted by Gasteiger charge is 2.22. The molecule has 3 rings (SSSR count). The molecule has 0 aliphatic rings. The predicted molar refractivity (Wildman–Crippen MR) is 108 cm³/mol. The normalized spacial score (nSPS) is 11.2. The number of non-ortho nitro benzene ring substituents is 1. The van der Waals surface area contributed by atoms with Crippen LogP contribution in [0.3, 0.4) is 0 Å². The van der Waals surface area contributed by atoms with Crippen LogP contribution in [0, 0.1) is 17.0 Å². The Labute approximate surface area is 165 Å². The van der Waals surface area contributed by atoms with Crippen molar-refractivity contribution < 1.29 is 18.1 Å². The zero-order valence-corrected chi connectivity index (χ0v) is 16.6. The van der Waals surface area contributed by atoms with E-state index in [-0.39, 0.29) is 26.9 Å². The number of carbonyl (C=O) groups excluding carboxylic acids is 1. The van der Waals surface area contributed by atoms with E-state index in [4.69, 9.17) is 0 Å². The number of carbonyl (C=O) groups is 1. The molecule has 2 aromatic carbocycles. The van der Waals surface area contributed by atoms with E-state index in [0.29, 0.717) is 16.0 Å². The monoisotopic (exact) mass is 416 g/mol. The molecule has 0 fully saturated rings. The third kappa shape index (κ3) is 3.95. The molecule has 0 unspecified atom stereocenters. The first-order chi connectivity index (χ1) is 13.2. The first-order valence-electron chi connectivity index (χ1n) is 8.17. The number of nitrogens with one attached hydrogen (secondary N) is 1. The second kappa shape index (κ2) is 7.53. The summed E-state index contributed by atoms with van der Waals surface area (Å²) in [4.78, 5) is 23.4. The van der Waals surface area contributed by atoms with E-state index in [1.165, 1.54) is 25.1 Å². The Hall–Kier alpha value is -3.04. The van der Waals surface area contributed by atoms with Gasteiger partial charge in [-0.15, -0.1) is 11.3 Å². The molecule has 0 radical (unpaired) electrons. The van der Waals surface area contributed by atoms with Crippen LogP contribution >= 0.6 is 11.3 Å². The number of benzene rings is 2. The van der Waals surface area contributed by atoms with E-state index < -0.39 is 14.9 Å². The van der Waals surface area contributed by atoms with Gasteiger partial charge in [0.1, 0.15) is 0 Å². The molecule has 0 saturated carbocycles. The lowest BCUT2D eigenvalue weighted by atomic mass is 10.1. The highest BCUT2D eigenvalue weighted by molar-refractivity contribution is 7.92. The van der Waals surface area contributed by atoms with Crippen LogP contribution in [0.15, 0.2) is 59.5 Å². The molecule has 7 nitrogen and oxygen atoms in total. The minimum Gasteiger partial charge on any atom is -0.294 e. The summed E-state index contributed by atoms with van der Waals surface area (Å²) in [6, 6.07) is 14.0. The van der Waals surface area contributed by atoms with Crippen molar-refractivity contribution in [3.8, 4) is 10.4 Å². The molecule has 0 bridgehead atoms. The molecule has 1 aromatic heterocycles. The molecule has 3 aromatic rings. The van der Waals surface area contributed by atoms with Crippen molar-refractivity contribution in [1.29, 1.82) is 0 Å². The number of nitro benzene ring substituents is 1. The highest BCUT2D eigenvalue weighted by atomic mass is 32.2. The lowest BCUT2D eigenvalue weighted by Gasteiger charge is -2.10. The maximum Gasteiger partial charge on any atom is 0.269 e. The molecule has 0 atom stereocenters. The van der Waals surface area contributed by atoms with Crippen molar-refractivity contribution in [3.05, 3.63) is 75.2 Å². The summed E-state index contributed by atoms with van der Waals surface area (Å²) < 4.78 is 28.0. The molecule has 0 saturated heterocycles. The number of sulfonamides is 1. The first kappa shape index (κ1) is 19.7. The minimum atomic E-state index is -3.87. The van der Waals surface area contributed by atoms with Gasteiger partial charge in [-0.25, -0.2) is 8.42 Å². The molecular weight excluding hydrogens is 400 g/mol. The number of aryl methyl sites for hydroxylation is 1. The zero-order valence-electron chi connectivity index (χ0n) is 15.0. The van der Waals surface area contributed by atoms with E-state index in [9.17, 15) is 23.3 Å². The van der Waals surface area contributed by atoms with Gasteiger partial charge in [-0.3, -0.25) is 19.6 Å². The first-order valence-corrected chi connectivity index (χ1v) is 10.5. The van der Waals surface area contributed by atoms with Crippen molar-refractivity contribution in [2.24, 2.45) is 0 Å². The van der Waals surface area contributed by atoms with Crippen LogP contribution < -0.4 is 4.72 Å². The van der Waals surface area contributed by atoms with Gasteiger partial charge in [0.05, 0.1) is 20.4 Å². The van der Waals surface area contributed by atoms with Gasteiger partial charge in [0.25, 0.3) is 15.7 Å². The Morgan fingerprint density at radius 3 is 2.32 bits per heavy atom. The molecule has 9 heteroatoms. The van der Waals surface area contributed by atoms with Crippen LogP contribution in [0.4, 0.5) is 11.4 Å². The number of rotatable bonds is 6. The summed E-state index contributed by atoms with van der Waals surface area (Å²) >= 11 is 1.13. The fourth-order valence-corrected chi connectivity index (χ4v) is 5.06. The molecule has 144 valence electrons. The van der Waals surface area contributed by atoms with E-state index in [1.54, 1.807) is 43.3 Å². The van der Waals surface area contributed by atoms with Gasteiger partial charge in [0.15, 0.2) is 5.78 Å². The van der Waals surface area contributed by atoms with Crippen LogP contribution in [-0.2, 0) is 10.0 Å². The van der Waals surface area contributed by atoms with Gasteiger partial charge in [-0.2, -0.15) is 0 Å². The zero-order chi connectivity index (χ0) is 20.5. The van der Waals surface area contributed by atoms with Crippen LogP contribution in [0.25, 0.3) is 10.4 Å². The summed E-state index contributed by atoms with van der Waals surface area (Å²) in [6.45, 7) is 3.05. The summed E-state index contributed by atoms with van der Waals surface area (Å²) in [6.07, 6.45) is 0. The molecular formula is C19H16N2O5S2. The largest absolute Gasteiger partial charge is 0.294 e. The molecule has 0 amide bonds. The van der Waals surface area contributed by atoms with Gasteiger partial charge in [0.2, 0.25) is 0 Å². The van der Waals surface area contributed by atoms with Gasteiger partial charge >= 0.3 is 0 Å². The summed E-state index contributed by atoms with van der Waals surface area (Å²) in [7, 11) is -3.87. The Bertz CT molecular complexity index is 1170. The topological polar surface area (TPSA) is 106 Å². The highest BCUT2D eigenvalue weighted by Crippen LogP contribution is 2.37. The van der Waals surface area contributed by atoms with Gasteiger partial charge in [-0.1, -0.05) is 18.2 Å². The van der Waals surface area contributed by atoms with Crippen LogP contribution in [0.1, 0.15) is 22.2 Å². The van der Waals surface area contributed by atoms with E-state index in [0.717, 1.165) is 11.3 Å². The number of anilines is 1. The maximum atomic E-state index is 12.8. The van der Waals surface area contributed by atoms with E-state index in [2.05, 4.69) is 4.72 Å². The number of hydrogen-bond acceptors (Lipinski definition) is 6. The van der Waals surface area contributed by atoms with Crippen molar-refractivity contribution in [2.75, 3.05) is 4.72 Å². The van der Waals surface area contributed by atoms with Crippen LogP contribution in [0.5, 0.6) is 0 Å². The summed E-state index contributed by atoms with van der Waals surface area (Å²) in [5.74, 6) is -0.277. The fraction of sp³-hybridized carbons (Fsp3) is 0.105. The molecule has 1 N–H and O–H groups in total. The summed E-state index contributed by atoms with van der Waals surface area (Å²) in [5.41, 5.74) is 1.38. The van der Waals surface area contributed by atoms with Gasteiger partial charge in [-0.05, 0) is 42.3 Å². The smallest absolute Gasteiger partial charge is 0.269 e. The van der Waals surface area contributed by atoms with E-state index in [1.807, 2.05) is 0 Å². The number of thiophene rings is 1. The fourth-order valence-electron chi connectivity index (χ4n) is 2.68. The molecule has 0 aliphatic carbocycles. The quantitative estimate of drug-likeness (QED) is 0.358. The Morgan fingerprint density at radius 1 is 1.11 bits per heavy atom.